The van der Waals surface area contributed by atoms with Crippen LogP contribution in [0.4, 0.5) is 5.69 Å². The minimum Gasteiger partial charge on any atom is -0.376 e. The number of hydrogen-bond donors (Lipinski definition) is 2. The first-order valence-corrected chi connectivity index (χ1v) is 9.85. The van der Waals surface area contributed by atoms with Gasteiger partial charge in [-0.15, -0.1) is 0 Å². The highest BCUT2D eigenvalue weighted by atomic mass is 16.2. The maximum absolute atomic E-state index is 12.2. The molecule has 0 fully saturated rings. The first kappa shape index (κ1) is 20.3. The third-order valence-electron chi connectivity index (χ3n) is 4.90. The third-order valence-corrected chi connectivity index (χ3v) is 4.90. The minimum absolute atomic E-state index is 0.0284. The molecule has 4 heteroatoms. The van der Waals surface area contributed by atoms with Crippen LogP contribution in [0.5, 0.6) is 0 Å². The quantitative estimate of drug-likeness (QED) is 0.527. The lowest BCUT2D eigenvalue weighted by atomic mass is 9.88. The van der Waals surface area contributed by atoms with Crippen molar-refractivity contribution in [2.45, 2.75) is 19.3 Å². The second kappa shape index (κ2) is 10.2. The number of Topliss-reactive ketones (excluding diaryl/α,β-unsaturated/α-hetero) is 1. The highest BCUT2D eigenvalue weighted by Crippen LogP contribution is 2.27. The fourth-order valence-corrected chi connectivity index (χ4v) is 3.32. The largest absolute Gasteiger partial charge is 0.376 e. The van der Waals surface area contributed by atoms with Crippen LogP contribution in [0.1, 0.15) is 40.7 Å². The fourth-order valence-electron chi connectivity index (χ4n) is 3.32. The van der Waals surface area contributed by atoms with Crippen LogP contribution in [0.3, 0.4) is 0 Å². The predicted molar refractivity (Wildman–Crippen MR) is 117 cm³/mol. The molecule has 0 aliphatic rings. The Hall–Kier alpha value is -3.40. The summed E-state index contributed by atoms with van der Waals surface area (Å²) in [5.74, 6) is 0.214. The summed E-state index contributed by atoms with van der Waals surface area (Å²) in [7, 11) is 0. The van der Waals surface area contributed by atoms with Gasteiger partial charge in [-0.25, -0.2) is 0 Å². The topological polar surface area (TPSA) is 58.2 Å². The fraction of sp³-hybridized carbons (Fsp3) is 0.200. The van der Waals surface area contributed by atoms with Crippen molar-refractivity contribution in [3.8, 4) is 0 Å². The van der Waals surface area contributed by atoms with Crippen LogP contribution in [-0.2, 0) is 4.79 Å². The van der Waals surface area contributed by atoms with Crippen LogP contribution in [-0.4, -0.2) is 24.8 Å². The molecule has 2 N–H and O–H groups in total. The van der Waals surface area contributed by atoms with E-state index in [0.29, 0.717) is 12.1 Å². The molecule has 148 valence electrons. The molecule has 0 aliphatic carbocycles. The van der Waals surface area contributed by atoms with Crippen LogP contribution in [0.2, 0.25) is 0 Å². The Bertz CT molecular complexity index is 883. The monoisotopic (exact) mass is 386 g/mol. The van der Waals surface area contributed by atoms with Gasteiger partial charge in [-0.2, -0.15) is 0 Å². The summed E-state index contributed by atoms with van der Waals surface area (Å²) >= 11 is 0. The SMILES string of the molecule is CC(=O)c1ccc(NCC(=O)NCCC(c2ccccc2)c2ccccc2)cc1. The van der Waals surface area contributed by atoms with Crippen LogP contribution in [0, 0.1) is 0 Å². The molecule has 0 heterocycles. The third kappa shape index (κ3) is 6.04. The molecular formula is C25H26N2O2. The van der Waals surface area contributed by atoms with Crippen molar-refractivity contribution in [3.05, 3.63) is 102 Å². The Morgan fingerprint density at radius 3 is 1.86 bits per heavy atom. The molecule has 3 aromatic carbocycles. The number of ketones is 1. The molecule has 0 unspecified atom stereocenters. The number of hydrogen-bond acceptors (Lipinski definition) is 3. The number of nitrogens with one attached hydrogen (secondary N) is 2. The van der Waals surface area contributed by atoms with Gasteiger partial charge in [0, 0.05) is 23.7 Å². The Morgan fingerprint density at radius 2 is 1.34 bits per heavy atom. The summed E-state index contributed by atoms with van der Waals surface area (Å²) in [4.78, 5) is 23.5. The molecule has 0 aromatic heterocycles. The Balaban J connectivity index is 1.51. The normalized spacial score (nSPS) is 10.6. The van der Waals surface area contributed by atoms with Gasteiger partial charge in [0.05, 0.1) is 6.54 Å². The van der Waals surface area contributed by atoms with E-state index in [4.69, 9.17) is 0 Å². The zero-order chi connectivity index (χ0) is 20.5. The van der Waals surface area contributed by atoms with Crippen molar-refractivity contribution in [1.82, 2.24) is 5.32 Å². The second-order valence-electron chi connectivity index (χ2n) is 7.00. The summed E-state index contributed by atoms with van der Waals surface area (Å²) in [5, 5.41) is 6.09. The zero-order valence-electron chi connectivity index (χ0n) is 16.6. The lowest BCUT2D eigenvalue weighted by Gasteiger charge is -2.18. The molecule has 0 saturated heterocycles. The van der Waals surface area contributed by atoms with Gasteiger partial charge in [-0.05, 0) is 48.7 Å². The van der Waals surface area contributed by atoms with Gasteiger partial charge in [0.15, 0.2) is 5.78 Å². The average Bonchev–Trinajstić information content (AvgIpc) is 2.77. The van der Waals surface area contributed by atoms with Gasteiger partial charge < -0.3 is 10.6 Å². The van der Waals surface area contributed by atoms with Crippen LogP contribution in [0.15, 0.2) is 84.9 Å². The van der Waals surface area contributed by atoms with Gasteiger partial charge in [0.25, 0.3) is 0 Å². The van der Waals surface area contributed by atoms with Crippen molar-refractivity contribution < 1.29 is 9.59 Å². The van der Waals surface area contributed by atoms with Gasteiger partial charge in [-0.1, -0.05) is 60.7 Å². The molecule has 3 aromatic rings. The molecule has 0 spiro atoms. The van der Waals surface area contributed by atoms with Gasteiger partial charge in [-0.3, -0.25) is 9.59 Å². The molecule has 0 bridgehead atoms. The second-order valence-corrected chi connectivity index (χ2v) is 7.00. The van der Waals surface area contributed by atoms with E-state index in [9.17, 15) is 9.59 Å². The Labute approximate surface area is 172 Å². The molecule has 0 aliphatic heterocycles. The minimum atomic E-state index is -0.0551. The molecular weight excluding hydrogens is 360 g/mol. The molecule has 0 saturated carbocycles. The van der Waals surface area contributed by atoms with E-state index >= 15 is 0 Å². The van der Waals surface area contributed by atoms with Gasteiger partial charge >= 0.3 is 0 Å². The summed E-state index contributed by atoms with van der Waals surface area (Å²) in [6, 6.07) is 27.9. The van der Waals surface area contributed by atoms with Crippen molar-refractivity contribution >= 4 is 17.4 Å². The van der Waals surface area contributed by atoms with Crippen LogP contribution >= 0.6 is 0 Å². The van der Waals surface area contributed by atoms with Gasteiger partial charge in [0.1, 0.15) is 0 Å². The van der Waals surface area contributed by atoms with Crippen LogP contribution < -0.4 is 10.6 Å². The van der Waals surface area contributed by atoms with E-state index in [1.54, 1.807) is 12.1 Å². The summed E-state index contributed by atoms with van der Waals surface area (Å²) in [5.41, 5.74) is 3.97. The van der Waals surface area contributed by atoms with E-state index in [1.165, 1.54) is 18.1 Å². The number of amides is 1. The Kier molecular flexibility index (Phi) is 7.17. The zero-order valence-corrected chi connectivity index (χ0v) is 16.6. The van der Waals surface area contributed by atoms with Crippen molar-refractivity contribution in [3.63, 3.8) is 0 Å². The molecule has 29 heavy (non-hydrogen) atoms. The molecule has 3 rings (SSSR count). The predicted octanol–water partition coefficient (Wildman–Crippen LogP) is 4.64. The molecule has 0 radical (unpaired) electrons. The van der Waals surface area contributed by atoms with E-state index in [1.807, 2.05) is 48.5 Å². The van der Waals surface area contributed by atoms with Crippen molar-refractivity contribution in [1.29, 1.82) is 0 Å². The highest BCUT2D eigenvalue weighted by molar-refractivity contribution is 5.94. The van der Waals surface area contributed by atoms with Crippen molar-refractivity contribution in [2.24, 2.45) is 0 Å². The molecule has 0 atom stereocenters. The summed E-state index contributed by atoms with van der Waals surface area (Å²) < 4.78 is 0. The van der Waals surface area contributed by atoms with Gasteiger partial charge in [0.2, 0.25) is 5.91 Å². The molecule has 4 nitrogen and oxygen atoms in total. The van der Waals surface area contributed by atoms with E-state index in [2.05, 4.69) is 34.9 Å². The first-order chi connectivity index (χ1) is 14.1. The number of rotatable bonds is 9. The summed E-state index contributed by atoms with van der Waals surface area (Å²) in [6.07, 6.45) is 0.826. The summed E-state index contributed by atoms with van der Waals surface area (Å²) in [6.45, 7) is 2.33. The smallest absolute Gasteiger partial charge is 0.239 e. The standard InChI is InChI=1S/C25H26N2O2/c1-19(28)20-12-14-23(15-13-20)27-18-25(29)26-17-16-24(21-8-4-2-5-9-21)22-10-6-3-7-11-22/h2-15,24,27H,16-18H2,1H3,(H,26,29). The number of anilines is 1. The maximum Gasteiger partial charge on any atom is 0.239 e. The first-order valence-electron chi connectivity index (χ1n) is 9.85. The number of benzene rings is 3. The number of carbonyl (C=O) groups is 2. The lowest BCUT2D eigenvalue weighted by molar-refractivity contribution is -0.119. The maximum atomic E-state index is 12.2. The van der Waals surface area contributed by atoms with E-state index in [-0.39, 0.29) is 24.2 Å². The Morgan fingerprint density at radius 1 is 0.793 bits per heavy atom. The van der Waals surface area contributed by atoms with E-state index < -0.39 is 0 Å². The lowest BCUT2D eigenvalue weighted by Crippen LogP contribution is -2.31. The molecule has 1 amide bonds. The number of carbonyl (C=O) groups excluding carboxylic acids is 2. The van der Waals surface area contributed by atoms with Crippen molar-refractivity contribution in [2.75, 3.05) is 18.4 Å². The highest BCUT2D eigenvalue weighted by Gasteiger charge is 2.14. The average molecular weight is 386 g/mol. The van der Waals surface area contributed by atoms with E-state index in [0.717, 1.165) is 12.1 Å². The van der Waals surface area contributed by atoms with Crippen LogP contribution in [0.25, 0.3) is 0 Å².